The van der Waals surface area contributed by atoms with Gasteiger partial charge in [-0.2, -0.15) is 0 Å². The fourth-order valence-electron chi connectivity index (χ4n) is 2.23. The summed E-state index contributed by atoms with van der Waals surface area (Å²) in [6, 6.07) is 0. The molecule has 1 saturated heterocycles. The van der Waals surface area contributed by atoms with Crippen LogP contribution >= 0.6 is 0 Å². The molecule has 1 atom stereocenters. The van der Waals surface area contributed by atoms with Crippen LogP contribution in [0, 0.1) is 11.3 Å². The molecule has 1 heterocycles. The van der Waals surface area contributed by atoms with E-state index in [4.69, 9.17) is 10.8 Å². The Morgan fingerprint density at radius 3 is 2.33 bits per heavy atom. The van der Waals surface area contributed by atoms with Crippen molar-refractivity contribution in [2.45, 2.75) is 39.5 Å². The minimum Gasteiger partial charge on any atom is -0.481 e. The first kappa shape index (κ1) is 15.0. The lowest BCUT2D eigenvalue weighted by Crippen LogP contribution is -2.45. The highest BCUT2D eigenvalue weighted by Crippen LogP contribution is 2.31. The minimum absolute atomic E-state index is 0.111. The van der Waals surface area contributed by atoms with Crippen LogP contribution in [0.25, 0.3) is 0 Å². The summed E-state index contributed by atoms with van der Waals surface area (Å²) in [5, 5.41) is 9.12. The largest absolute Gasteiger partial charge is 0.481 e. The van der Waals surface area contributed by atoms with E-state index in [1.807, 2.05) is 6.92 Å². The van der Waals surface area contributed by atoms with E-state index in [1.54, 1.807) is 11.8 Å². The molecule has 1 amide bonds. The molecule has 1 rings (SSSR count). The number of aliphatic carboxylic acids is 1. The van der Waals surface area contributed by atoms with Crippen LogP contribution in [-0.4, -0.2) is 41.5 Å². The number of likely N-dealkylation sites (tertiary alicyclic amines) is 1. The summed E-state index contributed by atoms with van der Waals surface area (Å²) >= 11 is 0. The number of piperidine rings is 1. The average Bonchev–Trinajstić information content (AvgIpc) is 2.36. The summed E-state index contributed by atoms with van der Waals surface area (Å²) in [5.41, 5.74) is 4.92. The van der Waals surface area contributed by atoms with Crippen molar-refractivity contribution in [3.05, 3.63) is 0 Å². The maximum atomic E-state index is 12.0. The molecule has 0 aromatic heterocycles. The Hall–Kier alpha value is -1.10. The second-order valence-electron chi connectivity index (χ2n) is 5.46. The second kappa shape index (κ2) is 6.18. The van der Waals surface area contributed by atoms with Crippen molar-refractivity contribution in [1.82, 2.24) is 4.90 Å². The van der Waals surface area contributed by atoms with Crippen LogP contribution in [0.2, 0.25) is 0 Å². The molecule has 0 aromatic rings. The number of carbonyl (C=O) groups excluding carboxylic acids is 1. The minimum atomic E-state index is -0.761. The predicted octanol–water partition coefficient (Wildman–Crippen LogP) is 1.07. The van der Waals surface area contributed by atoms with Crippen molar-refractivity contribution in [1.29, 1.82) is 0 Å². The summed E-state index contributed by atoms with van der Waals surface area (Å²) in [6.07, 6.45) is 2.46. The number of carboxylic acids is 1. The first-order valence-electron chi connectivity index (χ1n) is 6.64. The van der Waals surface area contributed by atoms with Gasteiger partial charge in [0.05, 0.1) is 5.41 Å². The highest BCUT2D eigenvalue weighted by molar-refractivity contribution is 5.78. The van der Waals surface area contributed by atoms with Gasteiger partial charge < -0.3 is 15.7 Å². The molecule has 104 valence electrons. The maximum Gasteiger partial charge on any atom is 0.309 e. The van der Waals surface area contributed by atoms with Crippen LogP contribution < -0.4 is 5.73 Å². The summed E-state index contributed by atoms with van der Waals surface area (Å²) in [6.45, 7) is 5.41. The molecule has 1 aliphatic rings. The molecule has 0 spiro atoms. The Morgan fingerprint density at radius 2 is 1.94 bits per heavy atom. The molecule has 0 bridgehead atoms. The van der Waals surface area contributed by atoms with Crippen LogP contribution in [0.15, 0.2) is 0 Å². The van der Waals surface area contributed by atoms with Crippen LogP contribution in [0.1, 0.15) is 39.5 Å². The number of hydrogen-bond acceptors (Lipinski definition) is 3. The summed E-state index contributed by atoms with van der Waals surface area (Å²) in [7, 11) is 0. The van der Waals surface area contributed by atoms with E-state index >= 15 is 0 Å². The molecule has 5 nitrogen and oxygen atoms in total. The zero-order chi connectivity index (χ0) is 13.8. The fourth-order valence-corrected chi connectivity index (χ4v) is 2.23. The van der Waals surface area contributed by atoms with Crippen molar-refractivity contribution < 1.29 is 14.7 Å². The van der Waals surface area contributed by atoms with Crippen molar-refractivity contribution in [3.8, 4) is 0 Å². The van der Waals surface area contributed by atoms with Gasteiger partial charge in [0, 0.05) is 19.5 Å². The highest BCUT2D eigenvalue weighted by atomic mass is 16.4. The zero-order valence-electron chi connectivity index (χ0n) is 11.3. The molecular weight excluding hydrogens is 232 g/mol. The normalized spacial score (nSPS) is 20.5. The van der Waals surface area contributed by atoms with Crippen molar-refractivity contribution in [3.63, 3.8) is 0 Å². The van der Waals surface area contributed by atoms with Crippen LogP contribution in [0.5, 0.6) is 0 Å². The van der Waals surface area contributed by atoms with Gasteiger partial charge in [-0.3, -0.25) is 9.59 Å². The van der Waals surface area contributed by atoms with Crippen LogP contribution in [-0.2, 0) is 9.59 Å². The van der Waals surface area contributed by atoms with Gasteiger partial charge in [-0.05, 0) is 32.2 Å². The lowest BCUT2D eigenvalue weighted by Gasteiger charge is -2.37. The fraction of sp³-hybridized carbons (Fsp3) is 0.846. The third kappa shape index (κ3) is 3.45. The maximum absolute atomic E-state index is 12.0. The summed E-state index contributed by atoms with van der Waals surface area (Å²) in [5.74, 6) is -0.409. The van der Waals surface area contributed by atoms with Gasteiger partial charge in [-0.25, -0.2) is 0 Å². The molecule has 1 aliphatic heterocycles. The number of nitrogens with two attached hydrogens (primary N) is 1. The molecule has 1 fully saturated rings. The number of carboxylic acid groups (broad SMARTS) is 1. The van der Waals surface area contributed by atoms with E-state index < -0.39 is 11.4 Å². The third-order valence-corrected chi connectivity index (χ3v) is 4.11. The Morgan fingerprint density at radius 1 is 1.39 bits per heavy atom. The van der Waals surface area contributed by atoms with Crippen LogP contribution in [0.3, 0.4) is 0 Å². The van der Waals surface area contributed by atoms with Crippen LogP contribution in [0.4, 0.5) is 0 Å². The Labute approximate surface area is 108 Å². The van der Waals surface area contributed by atoms with E-state index in [-0.39, 0.29) is 11.8 Å². The van der Waals surface area contributed by atoms with Gasteiger partial charge >= 0.3 is 5.97 Å². The number of rotatable bonds is 5. The topological polar surface area (TPSA) is 83.6 Å². The average molecular weight is 256 g/mol. The number of hydrogen-bond donors (Lipinski definition) is 2. The lowest BCUT2D eigenvalue weighted by atomic mass is 9.80. The molecule has 0 saturated carbocycles. The Balaban J connectivity index is 2.48. The van der Waals surface area contributed by atoms with Gasteiger partial charge in [0.15, 0.2) is 0 Å². The van der Waals surface area contributed by atoms with E-state index in [0.717, 1.165) is 6.42 Å². The molecule has 1 unspecified atom stereocenters. The summed E-state index contributed by atoms with van der Waals surface area (Å²) in [4.78, 5) is 24.9. The number of nitrogens with zero attached hydrogens (tertiary/aromatic N) is 1. The lowest BCUT2D eigenvalue weighted by molar-refractivity contribution is -0.153. The third-order valence-electron chi connectivity index (χ3n) is 4.11. The van der Waals surface area contributed by atoms with Crippen molar-refractivity contribution >= 4 is 11.9 Å². The van der Waals surface area contributed by atoms with Crippen molar-refractivity contribution in [2.75, 3.05) is 19.6 Å². The first-order chi connectivity index (χ1) is 8.42. The summed E-state index contributed by atoms with van der Waals surface area (Å²) < 4.78 is 0. The van der Waals surface area contributed by atoms with Crippen molar-refractivity contribution in [2.24, 2.45) is 17.1 Å². The molecule has 0 aliphatic carbocycles. The Kier molecular flexibility index (Phi) is 5.14. The van der Waals surface area contributed by atoms with Gasteiger partial charge in [0.2, 0.25) is 5.91 Å². The molecule has 5 heteroatoms. The zero-order valence-corrected chi connectivity index (χ0v) is 11.3. The standard InChI is InChI=1S/C13H24N2O3/c1-3-10(9-14)8-11(16)15-6-4-13(2,5-7-15)12(17)18/h10H,3-9,14H2,1-2H3,(H,17,18). The first-order valence-corrected chi connectivity index (χ1v) is 6.64. The molecule has 0 radical (unpaired) electrons. The molecular formula is C13H24N2O3. The quantitative estimate of drug-likeness (QED) is 0.771. The highest BCUT2D eigenvalue weighted by Gasteiger charge is 2.38. The van der Waals surface area contributed by atoms with E-state index in [1.165, 1.54) is 0 Å². The van der Waals surface area contributed by atoms with Gasteiger partial charge in [0.25, 0.3) is 0 Å². The monoisotopic (exact) mass is 256 g/mol. The SMILES string of the molecule is CCC(CN)CC(=O)N1CCC(C)(C(=O)O)CC1. The second-order valence-corrected chi connectivity index (χ2v) is 5.46. The van der Waals surface area contributed by atoms with Gasteiger partial charge in [0.1, 0.15) is 0 Å². The van der Waals surface area contributed by atoms with E-state index in [0.29, 0.717) is 38.9 Å². The molecule has 18 heavy (non-hydrogen) atoms. The molecule has 0 aromatic carbocycles. The predicted molar refractivity (Wildman–Crippen MR) is 69.0 cm³/mol. The van der Waals surface area contributed by atoms with E-state index in [9.17, 15) is 9.59 Å². The number of carbonyl (C=O) groups is 2. The van der Waals surface area contributed by atoms with Gasteiger partial charge in [-0.15, -0.1) is 0 Å². The smallest absolute Gasteiger partial charge is 0.309 e. The number of amides is 1. The Bertz CT molecular complexity index is 305. The van der Waals surface area contributed by atoms with E-state index in [2.05, 4.69) is 0 Å². The van der Waals surface area contributed by atoms with Gasteiger partial charge in [-0.1, -0.05) is 13.3 Å². The molecule has 3 N–H and O–H groups in total.